The molecule has 0 unspecified atom stereocenters. The number of piperidine rings is 1. The molecule has 0 bridgehead atoms. The number of benzene rings is 1. The van der Waals surface area contributed by atoms with E-state index in [4.69, 9.17) is 4.74 Å². The van der Waals surface area contributed by atoms with Crippen LogP contribution in [0.1, 0.15) is 45.1 Å². The van der Waals surface area contributed by atoms with E-state index in [0.29, 0.717) is 31.9 Å². The summed E-state index contributed by atoms with van der Waals surface area (Å²) in [5, 5.41) is 2.92. The molecule has 6 nitrogen and oxygen atoms in total. The van der Waals surface area contributed by atoms with Gasteiger partial charge < -0.3 is 10.1 Å². The van der Waals surface area contributed by atoms with E-state index in [1.807, 2.05) is 13.8 Å². The Labute approximate surface area is 157 Å². The minimum absolute atomic E-state index is 0.0405. The maximum absolute atomic E-state index is 13.0. The lowest BCUT2D eigenvalue weighted by molar-refractivity contribution is -0.126. The summed E-state index contributed by atoms with van der Waals surface area (Å²) in [6, 6.07) is 4.92. The van der Waals surface area contributed by atoms with Gasteiger partial charge in [0.05, 0.1) is 17.4 Å². The van der Waals surface area contributed by atoms with Crippen LogP contribution in [0.25, 0.3) is 0 Å². The molecule has 1 N–H and O–H groups in total. The van der Waals surface area contributed by atoms with Gasteiger partial charge in [-0.2, -0.15) is 4.31 Å². The van der Waals surface area contributed by atoms with Crippen molar-refractivity contribution in [2.24, 2.45) is 5.92 Å². The number of rotatable bonds is 8. The number of nitrogens with one attached hydrogen (secondary N) is 1. The number of sulfonamides is 1. The van der Waals surface area contributed by atoms with Gasteiger partial charge in [0.25, 0.3) is 0 Å². The zero-order chi connectivity index (χ0) is 19.2. The smallest absolute Gasteiger partial charge is 0.243 e. The van der Waals surface area contributed by atoms with Crippen LogP contribution in [0.5, 0.6) is 5.75 Å². The summed E-state index contributed by atoms with van der Waals surface area (Å²) in [6.45, 7) is 7.68. The molecule has 0 aliphatic carbocycles. The van der Waals surface area contributed by atoms with Crippen LogP contribution in [0.15, 0.2) is 23.1 Å². The minimum Gasteiger partial charge on any atom is -0.494 e. The van der Waals surface area contributed by atoms with Gasteiger partial charge in [-0.05, 0) is 56.9 Å². The summed E-state index contributed by atoms with van der Waals surface area (Å²) in [7, 11) is -3.61. The molecule has 1 aliphatic heterocycles. The zero-order valence-corrected chi connectivity index (χ0v) is 16.8. The number of aryl methyl sites for hydroxylation is 1. The fraction of sp³-hybridized carbons (Fsp3) is 0.632. The number of unbranched alkanes of at least 4 members (excludes halogenated alkanes) is 1. The number of hydrogen-bond donors (Lipinski definition) is 1. The number of hydrogen-bond acceptors (Lipinski definition) is 4. The monoisotopic (exact) mass is 382 g/mol. The lowest BCUT2D eigenvalue weighted by Gasteiger charge is -2.31. The Balaban J connectivity index is 2.10. The van der Waals surface area contributed by atoms with Crippen LogP contribution in [0, 0.1) is 12.8 Å². The van der Waals surface area contributed by atoms with Crippen molar-refractivity contribution in [3.63, 3.8) is 0 Å². The molecule has 2 rings (SSSR count). The van der Waals surface area contributed by atoms with E-state index in [1.54, 1.807) is 18.2 Å². The molecule has 0 aromatic heterocycles. The molecule has 7 heteroatoms. The predicted octanol–water partition coefficient (Wildman–Crippen LogP) is 2.71. The van der Waals surface area contributed by atoms with Gasteiger partial charge in [0, 0.05) is 19.6 Å². The van der Waals surface area contributed by atoms with Gasteiger partial charge in [-0.1, -0.05) is 13.3 Å². The second-order valence-corrected chi connectivity index (χ2v) is 8.65. The second kappa shape index (κ2) is 9.37. The summed E-state index contributed by atoms with van der Waals surface area (Å²) < 4.78 is 32.9. The lowest BCUT2D eigenvalue weighted by atomic mass is 9.99. The Kier molecular flexibility index (Phi) is 7.46. The average molecular weight is 383 g/mol. The molecular formula is C19H30N2O4S. The first-order valence-corrected chi connectivity index (χ1v) is 10.9. The molecular weight excluding hydrogens is 352 g/mol. The number of nitrogens with zero attached hydrogens (tertiary/aromatic N) is 1. The fourth-order valence-electron chi connectivity index (χ4n) is 3.16. The van der Waals surface area contributed by atoms with Crippen molar-refractivity contribution < 1.29 is 17.9 Å². The number of amides is 1. The van der Waals surface area contributed by atoms with Crippen LogP contribution in [0.2, 0.25) is 0 Å². The highest BCUT2D eigenvalue weighted by Gasteiger charge is 2.33. The molecule has 1 aliphatic rings. The highest BCUT2D eigenvalue weighted by Crippen LogP contribution is 2.27. The van der Waals surface area contributed by atoms with Crippen molar-refractivity contribution in [3.05, 3.63) is 23.8 Å². The molecule has 26 heavy (non-hydrogen) atoms. The van der Waals surface area contributed by atoms with E-state index in [1.165, 1.54) is 4.31 Å². The third-order valence-electron chi connectivity index (χ3n) is 4.67. The van der Waals surface area contributed by atoms with Crippen LogP contribution < -0.4 is 10.1 Å². The summed E-state index contributed by atoms with van der Waals surface area (Å²) in [4.78, 5) is 12.6. The van der Waals surface area contributed by atoms with E-state index in [9.17, 15) is 13.2 Å². The topological polar surface area (TPSA) is 75.7 Å². The molecule has 1 fully saturated rings. The number of carbonyl (C=O) groups excluding carboxylic acids is 1. The van der Waals surface area contributed by atoms with Crippen molar-refractivity contribution in [3.8, 4) is 5.75 Å². The summed E-state index contributed by atoms with van der Waals surface area (Å²) in [5.74, 6) is 0.374. The van der Waals surface area contributed by atoms with Crippen LogP contribution >= 0.6 is 0 Å². The third kappa shape index (κ3) is 4.98. The van der Waals surface area contributed by atoms with Gasteiger partial charge in [0.2, 0.25) is 15.9 Å². The largest absolute Gasteiger partial charge is 0.494 e. The van der Waals surface area contributed by atoms with Gasteiger partial charge in [0.15, 0.2) is 0 Å². The van der Waals surface area contributed by atoms with Crippen molar-refractivity contribution >= 4 is 15.9 Å². The predicted molar refractivity (Wildman–Crippen MR) is 102 cm³/mol. The van der Waals surface area contributed by atoms with Crippen LogP contribution in [-0.4, -0.2) is 44.9 Å². The molecule has 0 radical (unpaired) electrons. The first kappa shape index (κ1) is 20.7. The van der Waals surface area contributed by atoms with Gasteiger partial charge in [0.1, 0.15) is 5.75 Å². The molecule has 1 atom stereocenters. The second-order valence-electron chi connectivity index (χ2n) is 6.71. The Hall–Kier alpha value is -1.60. The van der Waals surface area contributed by atoms with E-state index in [0.717, 1.165) is 24.8 Å². The Morgan fingerprint density at radius 1 is 1.35 bits per heavy atom. The molecule has 0 spiro atoms. The quantitative estimate of drug-likeness (QED) is 0.702. The highest BCUT2D eigenvalue weighted by molar-refractivity contribution is 7.89. The molecule has 1 amide bonds. The maximum atomic E-state index is 13.0. The zero-order valence-electron chi connectivity index (χ0n) is 16.0. The van der Waals surface area contributed by atoms with Crippen LogP contribution in [-0.2, 0) is 14.8 Å². The number of carbonyl (C=O) groups is 1. The molecule has 0 saturated carbocycles. The molecule has 1 aromatic carbocycles. The average Bonchev–Trinajstić information content (AvgIpc) is 2.63. The number of ether oxygens (including phenoxy) is 1. The van der Waals surface area contributed by atoms with Crippen molar-refractivity contribution in [1.29, 1.82) is 0 Å². The summed E-state index contributed by atoms with van der Waals surface area (Å²) >= 11 is 0. The lowest BCUT2D eigenvalue weighted by Crippen LogP contribution is -2.45. The van der Waals surface area contributed by atoms with Gasteiger partial charge in [-0.25, -0.2) is 8.42 Å². The van der Waals surface area contributed by atoms with Gasteiger partial charge >= 0.3 is 0 Å². The maximum Gasteiger partial charge on any atom is 0.243 e. The minimum atomic E-state index is -3.61. The van der Waals surface area contributed by atoms with Crippen molar-refractivity contribution in [2.45, 2.75) is 51.3 Å². The van der Waals surface area contributed by atoms with Gasteiger partial charge in [-0.15, -0.1) is 0 Å². The van der Waals surface area contributed by atoms with E-state index in [-0.39, 0.29) is 23.3 Å². The van der Waals surface area contributed by atoms with Crippen molar-refractivity contribution in [1.82, 2.24) is 9.62 Å². The molecule has 1 heterocycles. The normalized spacial score (nSPS) is 18.5. The fourth-order valence-corrected chi connectivity index (χ4v) is 4.77. The third-order valence-corrected chi connectivity index (χ3v) is 6.53. The molecule has 1 aromatic rings. The summed E-state index contributed by atoms with van der Waals surface area (Å²) in [6.07, 6.45) is 3.38. The summed E-state index contributed by atoms with van der Waals surface area (Å²) in [5.41, 5.74) is 0.791. The SMILES string of the molecule is CCCCNC(=O)[C@H]1CCCN(S(=O)(=O)c2ccc(OCC)c(C)c2)C1. The Morgan fingerprint density at radius 3 is 2.77 bits per heavy atom. The standard InChI is InChI=1S/C19H30N2O4S/c1-4-6-11-20-19(22)16-8-7-12-21(14-16)26(23,24)17-9-10-18(25-5-2)15(3)13-17/h9-10,13,16H,4-8,11-12,14H2,1-3H3,(H,20,22)/t16-/m0/s1. The van der Waals surface area contributed by atoms with Crippen molar-refractivity contribution in [2.75, 3.05) is 26.2 Å². The van der Waals surface area contributed by atoms with Crippen LogP contribution in [0.4, 0.5) is 0 Å². The van der Waals surface area contributed by atoms with E-state index >= 15 is 0 Å². The molecule has 1 saturated heterocycles. The first-order valence-electron chi connectivity index (χ1n) is 9.41. The Bertz CT molecular complexity index is 718. The highest BCUT2D eigenvalue weighted by atomic mass is 32.2. The first-order chi connectivity index (χ1) is 12.4. The van der Waals surface area contributed by atoms with E-state index in [2.05, 4.69) is 12.2 Å². The van der Waals surface area contributed by atoms with Crippen LogP contribution in [0.3, 0.4) is 0 Å². The van der Waals surface area contributed by atoms with E-state index < -0.39 is 10.0 Å². The molecule has 146 valence electrons. The Morgan fingerprint density at radius 2 is 2.12 bits per heavy atom. The van der Waals surface area contributed by atoms with Gasteiger partial charge in [-0.3, -0.25) is 4.79 Å².